The predicted octanol–water partition coefficient (Wildman–Crippen LogP) is 3.22. The topological polar surface area (TPSA) is 51.6 Å². The number of hydrogen-bond donors (Lipinski definition) is 0. The first kappa shape index (κ1) is 12.4. The maximum Gasteiger partial charge on any atom is 0.198 e. The lowest BCUT2D eigenvalue weighted by atomic mass is 10.1. The van der Waals surface area contributed by atoms with Crippen molar-refractivity contribution >= 4 is 0 Å². The zero-order chi connectivity index (χ0) is 13.9. The van der Waals surface area contributed by atoms with E-state index in [1.807, 2.05) is 56.3 Å². The summed E-state index contributed by atoms with van der Waals surface area (Å²) in [4.78, 5) is 17.6. The molecule has 98 valence electrons. The molecule has 4 heteroatoms. The summed E-state index contributed by atoms with van der Waals surface area (Å²) in [6, 6.07) is 13.9. The fourth-order valence-corrected chi connectivity index (χ4v) is 1.98. The quantitative estimate of drug-likeness (QED) is 0.711. The SMILES string of the molecule is Cc1ccnc(-c2nc(C)cc(-c3ccccc3)n2)n1. The molecular weight excluding hydrogens is 248 g/mol. The van der Waals surface area contributed by atoms with Gasteiger partial charge in [0.15, 0.2) is 11.6 Å². The van der Waals surface area contributed by atoms with Crippen LogP contribution in [0.2, 0.25) is 0 Å². The Morgan fingerprint density at radius 3 is 2.25 bits per heavy atom. The van der Waals surface area contributed by atoms with Crippen LogP contribution in [-0.4, -0.2) is 19.9 Å². The van der Waals surface area contributed by atoms with E-state index in [4.69, 9.17) is 0 Å². The highest BCUT2D eigenvalue weighted by molar-refractivity contribution is 5.61. The lowest BCUT2D eigenvalue weighted by molar-refractivity contribution is 1.03. The molecule has 0 fully saturated rings. The van der Waals surface area contributed by atoms with E-state index in [9.17, 15) is 0 Å². The molecule has 1 aromatic carbocycles. The van der Waals surface area contributed by atoms with Crippen molar-refractivity contribution in [1.82, 2.24) is 19.9 Å². The second-order valence-electron chi connectivity index (χ2n) is 4.61. The van der Waals surface area contributed by atoms with Gasteiger partial charge >= 0.3 is 0 Å². The van der Waals surface area contributed by atoms with E-state index in [1.54, 1.807) is 6.20 Å². The Hall–Kier alpha value is -2.62. The van der Waals surface area contributed by atoms with Gasteiger partial charge in [-0.3, -0.25) is 0 Å². The molecule has 0 atom stereocenters. The Morgan fingerprint density at radius 1 is 0.750 bits per heavy atom. The summed E-state index contributed by atoms with van der Waals surface area (Å²) in [6.07, 6.45) is 1.73. The molecule has 0 N–H and O–H groups in total. The van der Waals surface area contributed by atoms with Crippen molar-refractivity contribution in [2.45, 2.75) is 13.8 Å². The Balaban J connectivity index is 2.12. The van der Waals surface area contributed by atoms with Crippen molar-refractivity contribution in [3.63, 3.8) is 0 Å². The summed E-state index contributed by atoms with van der Waals surface area (Å²) in [5.74, 6) is 1.12. The molecule has 0 unspecified atom stereocenters. The van der Waals surface area contributed by atoms with Crippen molar-refractivity contribution in [3.05, 3.63) is 60.0 Å². The minimum atomic E-state index is 0.561. The molecule has 2 heterocycles. The van der Waals surface area contributed by atoms with Gasteiger partial charge < -0.3 is 0 Å². The fourth-order valence-electron chi connectivity index (χ4n) is 1.98. The van der Waals surface area contributed by atoms with Gasteiger partial charge in [0, 0.05) is 23.1 Å². The van der Waals surface area contributed by atoms with Crippen LogP contribution >= 0.6 is 0 Å². The standard InChI is InChI=1S/C16H14N4/c1-11-8-9-17-15(18-11)16-19-12(2)10-14(20-16)13-6-4-3-5-7-13/h3-10H,1-2H3. The molecule has 0 saturated carbocycles. The Kier molecular flexibility index (Phi) is 3.21. The summed E-state index contributed by atoms with van der Waals surface area (Å²) in [7, 11) is 0. The normalized spacial score (nSPS) is 10.5. The third kappa shape index (κ3) is 2.54. The number of nitrogens with zero attached hydrogens (tertiary/aromatic N) is 4. The molecule has 0 aliphatic carbocycles. The van der Waals surface area contributed by atoms with Crippen molar-refractivity contribution in [2.24, 2.45) is 0 Å². The first-order valence-corrected chi connectivity index (χ1v) is 6.43. The molecule has 2 aromatic heterocycles. The van der Waals surface area contributed by atoms with Crippen molar-refractivity contribution < 1.29 is 0 Å². The zero-order valence-electron chi connectivity index (χ0n) is 11.4. The van der Waals surface area contributed by atoms with Crippen LogP contribution in [0.4, 0.5) is 0 Å². The zero-order valence-corrected chi connectivity index (χ0v) is 11.4. The van der Waals surface area contributed by atoms with E-state index in [2.05, 4.69) is 19.9 Å². The third-order valence-corrected chi connectivity index (χ3v) is 2.92. The van der Waals surface area contributed by atoms with Gasteiger partial charge in [0.25, 0.3) is 0 Å². The molecule has 3 rings (SSSR count). The maximum absolute atomic E-state index is 4.58. The van der Waals surface area contributed by atoms with Gasteiger partial charge in [-0.1, -0.05) is 30.3 Å². The number of aryl methyl sites for hydroxylation is 2. The van der Waals surface area contributed by atoms with Gasteiger partial charge in [-0.2, -0.15) is 0 Å². The lowest BCUT2D eigenvalue weighted by Gasteiger charge is -2.05. The molecule has 0 saturated heterocycles. The summed E-state index contributed by atoms with van der Waals surface area (Å²) in [6.45, 7) is 3.88. The predicted molar refractivity (Wildman–Crippen MR) is 78.0 cm³/mol. The molecule has 0 spiro atoms. The van der Waals surface area contributed by atoms with Crippen LogP contribution < -0.4 is 0 Å². The van der Waals surface area contributed by atoms with Gasteiger partial charge in [-0.15, -0.1) is 0 Å². The van der Waals surface area contributed by atoms with Crippen molar-refractivity contribution in [2.75, 3.05) is 0 Å². The fraction of sp³-hybridized carbons (Fsp3) is 0.125. The first-order chi connectivity index (χ1) is 9.72. The van der Waals surface area contributed by atoms with E-state index < -0.39 is 0 Å². The van der Waals surface area contributed by atoms with Crippen LogP contribution in [-0.2, 0) is 0 Å². The molecule has 0 radical (unpaired) electrons. The van der Waals surface area contributed by atoms with Crippen LogP contribution in [0.25, 0.3) is 22.9 Å². The van der Waals surface area contributed by atoms with E-state index in [1.165, 1.54) is 0 Å². The Labute approximate surface area is 117 Å². The van der Waals surface area contributed by atoms with Gasteiger partial charge in [-0.05, 0) is 26.0 Å². The van der Waals surface area contributed by atoms with Gasteiger partial charge in [-0.25, -0.2) is 19.9 Å². The Morgan fingerprint density at radius 2 is 1.50 bits per heavy atom. The number of aromatic nitrogens is 4. The monoisotopic (exact) mass is 262 g/mol. The van der Waals surface area contributed by atoms with Gasteiger partial charge in [0.1, 0.15) is 0 Å². The molecule has 3 aromatic rings. The lowest BCUT2D eigenvalue weighted by Crippen LogP contribution is -1.99. The van der Waals surface area contributed by atoms with Gasteiger partial charge in [0.2, 0.25) is 0 Å². The van der Waals surface area contributed by atoms with E-state index in [0.29, 0.717) is 11.6 Å². The van der Waals surface area contributed by atoms with Crippen LogP contribution in [0.3, 0.4) is 0 Å². The number of benzene rings is 1. The van der Waals surface area contributed by atoms with E-state index >= 15 is 0 Å². The number of rotatable bonds is 2. The highest BCUT2D eigenvalue weighted by atomic mass is 15.0. The largest absolute Gasteiger partial charge is 0.234 e. The number of hydrogen-bond acceptors (Lipinski definition) is 4. The van der Waals surface area contributed by atoms with Crippen LogP contribution in [0.5, 0.6) is 0 Å². The highest BCUT2D eigenvalue weighted by Crippen LogP contribution is 2.20. The molecular formula is C16H14N4. The van der Waals surface area contributed by atoms with E-state index in [-0.39, 0.29) is 0 Å². The minimum absolute atomic E-state index is 0.561. The minimum Gasteiger partial charge on any atom is -0.234 e. The molecule has 0 amide bonds. The maximum atomic E-state index is 4.58. The Bertz CT molecular complexity index is 738. The van der Waals surface area contributed by atoms with E-state index in [0.717, 1.165) is 22.6 Å². The second kappa shape index (κ2) is 5.17. The third-order valence-electron chi connectivity index (χ3n) is 2.92. The van der Waals surface area contributed by atoms with Crippen LogP contribution in [0.15, 0.2) is 48.7 Å². The summed E-state index contributed by atoms with van der Waals surface area (Å²) >= 11 is 0. The van der Waals surface area contributed by atoms with Crippen LogP contribution in [0.1, 0.15) is 11.4 Å². The molecule has 0 bridgehead atoms. The smallest absolute Gasteiger partial charge is 0.198 e. The summed E-state index contributed by atoms with van der Waals surface area (Å²) < 4.78 is 0. The molecule has 0 aliphatic rings. The highest BCUT2D eigenvalue weighted by Gasteiger charge is 2.09. The first-order valence-electron chi connectivity index (χ1n) is 6.43. The average Bonchev–Trinajstić information content (AvgIpc) is 2.47. The second-order valence-corrected chi connectivity index (χ2v) is 4.61. The van der Waals surface area contributed by atoms with Crippen LogP contribution in [0, 0.1) is 13.8 Å². The summed E-state index contributed by atoms with van der Waals surface area (Å²) in [5, 5.41) is 0. The molecule has 0 aliphatic heterocycles. The van der Waals surface area contributed by atoms with Gasteiger partial charge in [0.05, 0.1) is 5.69 Å². The van der Waals surface area contributed by atoms with Crippen molar-refractivity contribution in [3.8, 4) is 22.9 Å². The molecule has 4 nitrogen and oxygen atoms in total. The van der Waals surface area contributed by atoms with Crippen molar-refractivity contribution in [1.29, 1.82) is 0 Å². The average molecular weight is 262 g/mol. The summed E-state index contributed by atoms with van der Waals surface area (Å²) in [5.41, 5.74) is 3.76. The molecule has 20 heavy (non-hydrogen) atoms.